The number of amides is 1. The van der Waals surface area contributed by atoms with Gasteiger partial charge in [-0.2, -0.15) is 0 Å². The molecule has 0 saturated heterocycles. The third-order valence-corrected chi connectivity index (χ3v) is 2.71. The van der Waals surface area contributed by atoms with Crippen LogP contribution in [0.25, 0.3) is 0 Å². The van der Waals surface area contributed by atoms with E-state index in [0.717, 1.165) is 6.42 Å². The average molecular weight is 325 g/mol. The molecule has 1 amide bonds. The van der Waals surface area contributed by atoms with Gasteiger partial charge in [0.1, 0.15) is 0 Å². The Morgan fingerprint density at radius 3 is 2.74 bits per heavy atom. The lowest BCUT2D eigenvalue weighted by atomic mass is 10.4. The summed E-state index contributed by atoms with van der Waals surface area (Å²) in [7, 11) is 0. The Hall–Kier alpha value is -1.89. The van der Waals surface area contributed by atoms with E-state index in [2.05, 4.69) is 36.5 Å². The van der Waals surface area contributed by atoms with Gasteiger partial charge in [0.15, 0.2) is 10.4 Å². The summed E-state index contributed by atoms with van der Waals surface area (Å²) in [5.41, 5.74) is 0. The first kappa shape index (κ1) is 13.5. The molecule has 0 unspecified atom stereocenters. The van der Waals surface area contributed by atoms with Crippen LogP contribution >= 0.6 is 15.9 Å². The molecule has 0 aliphatic rings. The molecule has 0 aromatic carbocycles. The van der Waals surface area contributed by atoms with Crippen molar-refractivity contribution >= 4 is 27.8 Å². The van der Waals surface area contributed by atoms with Crippen LogP contribution in [0.2, 0.25) is 0 Å². The van der Waals surface area contributed by atoms with Gasteiger partial charge >= 0.3 is 0 Å². The maximum Gasteiger partial charge on any atom is 0.287 e. The van der Waals surface area contributed by atoms with Crippen LogP contribution in [-0.4, -0.2) is 29.0 Å². The summed E-state index contributed by atoms with van der Waals surface area (Å²) in [5.74, 6) is 0.664. The maximum atomic E-state index is 11.6. The smallest absolute Gasteiger partial charge is 0.287 e. The van der Waals surface area contributed by atoms with Gasteiger partial charge in [0.25, 0.3) is 5.91 Å². The van der Waals surface area contributed by atoms with E-state index in [4.69, 9.17) is 4.42 Å². The summed E-state index contributed by atoms with van der Waals surface area (Å²) >= 11 is 3.15. The van der Waals surface area contributed by atoms with Crippen LogP contribution in [0.5, 0.6) is 0 Å². The number of halogens is 1. The summed E-state index contributed by atoms with van der Waals surface area (Å²) in [6.07, 6.45) is 4.11. The number of carbonyl (C=O) groups is 1. The van der Waals surface area contributed by atoms with Crippen LogP contribution < -0.4 is 10.6 Å². The number of aromatic nitrogens is 2. The van der Waals surface area contributed by atoms with Crippen molar-refractivity contribution in [3.8, 4) is 0 Å². The molecule has 0 atom stereocenters. The monoisotopic (exact) mass is 324 g/mol. The van der Waals surface area contributed by atoms with E-state index < -0.39 is 0 Å². The second-order valence-corrected chi connectivity index (χ2v) is 4.49. The van der Waals surface area contributed by atoms with Crippen molar-refractivity contribution in [2.45, 2.75) is 6.42 Å². The maximum absolute atomic E-state index is 11.6. The number of anilines is 1. The predicted octanol–water partition coefficient (Wildman–Crippen LogP) is 2.06. The number of carbonyl (C=O) groups excluding carboxylic acids is 1. The van der Waals surface area contributed by atoms with Gasteiger partial charge in [-0.3, -0.25) is 4.79 Å². The van der Waals surface area contributed by atoms with E-state index in [1.54, 1.807) is 30.6 Å². The Labute approximate surface area is 118 Å². The van der Waals surface area contributed by atoms with E-state index >= 15 is 0 Å². The lowest BCUT2D eigenvalue weighted by Gasteiger charge is -2.05. The summed E-state index contributed by atoms with van der Waals surface area (Å²) in [6, 6.07) is 5.06. The quantitative estimate of drug-likeness (QED) is 0.795. The average Bonchev–Trinajstić information content (AvgIpc) is 2.86. The van der Waals surface area contributed by atoms with Crippen LogP contribution in [0.15, 0.2) is 39.7 Å². The highest BCUT2D eigenvalue weighted by Crippen LogP contribution is 2.13. The molecule has 2 rings (SSSR count). The molecule has 2 aromatic rings. The zero-order valence-corrected chi connectivity index (χ0v) is 11.7. The molecular formula is C12H13BrN4O2. The van der Waals surface area contributed by atoms with Crippen LogP contribution in [0.3, 0.4) is 0 Å². The fourth-order valence-corrected chi connectivity index (χ4v) is 1.71. The highest BCUT2D eigenvalue weighted by molar-refractivity contribution is 9.10. The predicted molar refractivity (Wildman–Crippen MR) is 73.9 cm³/mol. The molecule has 100 valence electrons. The summed E-state index contributed by atoms with van der Waals surface area (Å²) in [4.78, 5) is 19.7. The molecule has 0 spiro atoms. The van der Waals surface area contributed by atoms with Crippen molar-refractivity contribution in [3.05, 3.63) is 41.0 Å². The number of nitrogens with one attached hydrogen (secondary N) is 2. The Morgan fingerprint density at radius 1 is 1.26 bits per heavy atom. The standard InChI is InChI=1S/C12H13BrN4O2/c13-10-4-3-9(19-10)11(18)14-5-1-6-15-12-16-7-2-8-17-12/h2-4,7-8H,1,5-6H2,(H,14,18)(H,15,16,17). The molecule has 2 heterocycles. The van der Waals surface area contributed by atoms with Crippen LogP contribution in [-0.2, 0) is 0 Å². The molecule has 0 radical (unpaired) electrons. The SMILES string of the molecule is O=C(NCCCNc1ncccn1)c1ccc(Br)o1. The minimum Gasteiger partial charge on any atom is -0.444 e. The van der Waals surface area contributed by atoms with E-state index in [-0.39, 0.29) is 5.91 Å². The number of hydrogen-bond donors (Lipinski definition) is 2. The third-order valence-electron chi connectivity index (χ3n) is 2.28. The number of nitrogens with zero attached hydrogens (tertiary/aromatic N) is 2. The molecule has 0 aliphatic heterocycles. The van der Waals surface area contributed by atoms with Crippen molar-refractivity contribution in [1.82, 2.24) is 15.3 Å². The van der Waals surface area contributed by atoms with Crippen molar-refractivity contribution in [1.29, 1.82) is 0 Å². The van der Waals surface area contributed by atoms with Gasteiger partial charge in [0.2, 0.25) is 5.95 Å². The van der Waals surface area contributed by atoms with E-state index in [9.17, 15) is 4.79 Å². The summed E-state index contributed by atoms with van der Waals surface area (Å²) in [5, 5.41) is 5.82. The zero-order valence-electron chi connectivity index (χ0n) is 10.1. The van der Waals surface area contributed by atoms with E-state index in [0.29, 0.717) is 29.5 Å². The second kappa shape index (κ2) is 6.89. The molecule has 2 N–H and O–H groups in total. The molecule has 0 saturated carbocycles. The van der Waals surface area contributed by atoms with E-state index in [1.165, 1.54) is 0 Å². The molecule has 0 aliphatic carbocycles. The van der Waals surface area contributed by atoms with Gasteiger partial charge in [0, 0.05) is 25.5 Å². The largest absolute Gasteiger partial charge is 0.444 e. The summed E-state index contributed by atoms with van der Waals surface area (Å²) < 4.78 is 5.68. The van der Waals surface area contributed by atoms with Gasteiger partial charge in [0.05, 0.1) is 0 Å². The first-order valence-corrected chi connectivity index (χ1v) is 6.59. The fraction of sp³-hybridized carbons (Fsp3) is 0.250. The molecule has 2 aromatic heterocycles. The van der Waals surface area contributed by atoms with Gasteiger partial charge in [-0.05, 0) is 40.5 Å². The minimum atomic E-state index is -0.221. The lowest BCUT2D eigenvalue weighted by molar-refractivity contribution is 0.0924. The van der Waals surface area contributed by atoms with Crippen LogP contribution in [0.1, 0.15) is 17.0 Å². The van der Waals surface area contributed by atoms with Gasteiger partial charge in [-0.25, -0.2) is 9.97 Å². The molecule has 7 heteroatoms. The van der Waals surface area contributed by atoms with E-state index in [1.807, 2.05) is 0 Å². The fourth-order valence-electron chi connectivity index (χ4n) is 1.40. The first-order chi connectivity index (χ1) is 9.25. The Bertz CT molecular complexity index is 530. The molecule has 0 fully saturated rings. The van der Waals surface area contributed by atoms with Crippen molar-refractivity contribution in [2.24, 2.45) is 0 Å². The van der Waals surface area contributed by atoms with Crippen LogP contribution in [0, 0.1) is 0 Å². The normalized spacial score (nSPS) is 10.2. The molecular weight excluding hydrogens is 312 g/mol. The first-order valence-electron chi connectivity index (χ1n) is 5.80. The zero-order chi connectivity index (χ0) is 13.5. The van der Waals surface area contributed by atoms with Crippen molar-refractivity contribution in [2.75, 3.05) is 18.4 Å². The van der Waals surface area contributed by atoms with Gasteiger partial charge in [-0.1, -0.05) is 0 Å². The summed E-state index contributed by atoms with van der Waals surface area (Å²) in [6.45, 7) is 1.24. The Morgan fingerprint density at radius 2 is 2.05 bits per heavy atom. The lowest BCUT2D eigenvalue weighted by Crippen LogP contribution is -2.25. The Balaban J connectivity index is 1.63. The Kier molecular flexibility index (Phi) is 4.91. The molecule has 19 heavy (non-hydrogen) atoms. The number of furan rings is 1. The molecule has 6 nitrogen and oxygen atoms in total. The van der Waals surface area contributed by atoms with Gasteiger partial charge in [-0.15, -0.1) is 0 Å². The number of rotatable bonds is 6. The topological polar surface area (TPSA) is 80.0 Å². The molecule has 0 bridgehead atoms. The highest BCUT2D eigenvalue weighted by Gasteiger charge is 2.08. The second-order valence-electron chi connectivity index (χ2n) is 3.71. The minimum absolute atomic E-state index is 0.221. The highest BCUT2D eigenvalue weighted by atomic mass is 79.9. The third kappa shape index (κ3) is 4.36. The van der Waals surface area contributed by atoms with Crippen molar-refractivity contribution < 1.29 is 9.21 Å². The van der Waals surface area contributed by atoms with Gasteiger partial charge < -0.3 is 15.1 Å². The number of hydrogen-bond acceptors (Lipinski definition) is 5. The van der Waals surface area contributed by atoms with Crippen LogP contribution in [0.4, 0.5) is 5.95 Å². The van der Waals surface area contributed by atoms with Crippen molar-refractivity contribution in [3.63, 3.8) is 0 Å².